The van der Waals surface area contributed by atoms with E-state index in [1.54, 1.807) is 0 Å². The van der Waals surface area contributed by atoms with Gasteiger partial charge in [0.2, 0.25) is 0 Å². The van der Waals surface area contributed by atoms with Gasteiger partial charge in [0.05, 0.1) is 0 Å². The van der Waals surface area contributed by atoms with Crippen molar-refractivity contribution < 1.29 is 23.4 Å². The number of para-hydroxylation sites is 1. The summed E-state index contributed by atoms with van der Waals surface area (Å²) in [6, 6.07) is 10.9. The third-order valence-corrected chi connectivity index (χ3v) is 4.33. The standard InChI is InChI=1S/C19H20F2N2O3/c20-14-12-16(21)18(17(24)13-14)19(25)23-8-6-22(7-9-23)10-11-26-15-4-2-1-3-5-15/h1-5,12-13,24H,6-11H2. The Morgan fingerprint density at radius 2 is 1.77 bits per heavy atom. The summed E-state index contributed by atoms with van der Waals surface area (Å²) in [5.74, 6) is -2.46. The zero-order valence-electron chi connectivity index (χ0n) is 14.2. The molecule has 5 nitrogen and oxygen atoms in total. The number of hydrogen-bond acceptors (Lipinski definition) is 4. The molecule has 0 aliphatic carbocycles. The fourth-order valence-electron chi connectivity index (χ4n) is 2.91. The summed E-state index contributed by atoms with van der Waals surface area (Å²) in [7, 11) is 0. The van der Waals surface area contributed by atoms with Crippen LogP contribution in [0.15, 0.2) is 42.5 Å². The number of phenols is 1. The SMILES string of the molecule is O=C(c1c(O)cc(F)cc1F)N1CCN(CCOc2ccccc2)CC1. The number of ether oxygens (including phenoxy) is 1. The fourth-order valence-corrected chi connectivity index (χ4v) is 2.91. The van der Waals surface area contributed by atoms with E-state index in [1.807, 2.05) is 30.3 Å². The number of phenolic OH excluding ortho intramolecular Hbond substituents is 1. The Morgan fingerprint density at radius 1 is 1.08 bits per heavy atom. The minimum atomic E-state index is -1.05. The van der Waals surface area contributed by atoms with Crippen molar-refractivity contribution in [3.05, 3.63) is 59.7 Å². The van der Waals surface area contributed by atoms with E-state index in [9.17, 15) is 18.7 Å². The van der Waals surface area contributed by atoms with Crippen molar-refractivity contribution in [2.45, 2.75) is 0 Å². The Balaban J connectivity index is 1.50. The van der Waals surface area contributed by atoms with Crippen LogP contribution in [-0.2, 0) is 0 Å². The predicted molar refractivity (Wildman–Crippen MR) is 92.3 cm³/mol. The summed E-state index contributed by atoms with van der Waals surface area (Å²) in [5.41, 5.74) is -0.479. The molecule has 26 heavy (non-hydrogen) atoms. The molecule has 2 aromatic carbocycles. The number of halogens is 2. The highest BCUT2D eigenvalue weighted by Crippen LogP contribution is 2.24. The zero-order valence-corrected chi connectivity index (χ0v) is 14.2. The molecule has 1 heterocycles. The Kier molecular flexibility index (Phi) is 5.68. The zero-order chi connectivity index (χ0) is 18.5. The van der Waals surface area contributed by atoms with E-state index in [-0.39, 0.29) is 0 Å². The van der Waals surface area contributed by atoms with E-state index in [4.69, 9.17) is 4.74 Å². The molecular formula is C19H20F2N2O3. The van der Waals surface area contributed by atoms with Crippen LogP contribution in [0.1, 0.15) is 10.4 Å². The third kappa shape index (κ3) is 4.29. The molecule has 0 aromatic heterocycles. The summed E-state index contributed by atoms with van der Waals surface area (Å²) in [6.07, 6.45) is 0. The van der Waals surface area contributed by atoms with Crippen LogP contribution in [0.25, 0.3) is 0 Å². The molecule has 1 saturated heterocycles. The molecule has 0 atom stereocenters. The fraction of sp³-hybridized carbons (Fsp3) is 0.316. The van der Waals surface area contributed by atoms with Gasteiger partial charge < -0.3 is 14.7 Å². The highest BCUT2D eigenvalue weighted by Gasteiger charge is 2.26. The number of nitrogens with zero attached hydrogens (tertiary/aromatic N) is 2. The average Bonchev–Trinajstić information content (AvgIpc) is 2.62. The summed E-state index contributed by atoms with van der Waals surface area (Å²) >= 11 is 0. The maximum atomic E-state index is 13.8. The molecule has 0 bridgehead atoms. The first-order valence-corrected chi connectivity index (χ1v) is 8.42. The topological polar surface area (TPSA) is 53.0 Å². The van der Waals surface area contributed by atoms with Gasteiger partial charge in [0, 0.05) is 44.9 Å². The van der Waals surface area contributed by atoms with E-state index >= 15 is 0 Å². The lowest BCUT2D eigenvalue weighted by Gasteiger charge is -2.34. The van der Waals surface area contributed by atoms with Crippen molar-refractivity contribution in [2.75, 3.05) is 39.3 Å². The number of amides is 1. The van der Waals surface area contributed by atoms with Crippen LogP contribution in [0.5, 0.6) is 11.5 Å². The number of benzene rings is 2. The van der Waals surface area contributed by atoms with Gasteiger partial charge in [0.1, 0.15) is 35.3 Å². The molecule has 1 fully saturated rings. The number of piperazine rings is 1. The van der Waals surface area contributed by atoms with Crippen LogP contribution in [0.2, 0.25) is 0 Å². The molecule has 3 rings (SSSR count). The normalized spacial score (nSPS) is 15.1. The quantitative estimate of drug-likeness (QED) is 0.888. The van der Waals surface area contributed by atoms with E-state index in [0.29, 0.717) is 45.4 Å². The lowest BCUT2D eigenvalue weighted by atomic mass is 10.1. The molecule has 0 radical (unpaired) electrons. The van der Waals surface area contributed by atoms with Gasteiger partial charge in [-0.1, -0.05) is 18.2 Å². The van der Waals surface area contributed by atoms with Gasteiger partial charge in [0.15, 0.2) is 0 Å². The van der Waals surface area contributed by atoms with Crippen molar-refractivity contribution in [2.24, 2.45) is 0 Å². The molecule has 1 amide bonds. The van der Waals surface area contributed by atoms with E-state index < -0.39 is 28.9 Å². The second-order valence-corrected chi connectivity index (χ2v) is 6.08. The van der Waals surface area contributed by atoms with Crippen LogP contribution in [0.4, 0.5) is 8.78 Å². The van der Waals surface area contributed by atoms with Crippen LogP contribution in [0.3, 0.4) is 0 Å². The highest BCUT2D eigenvalue weighted by atomic mass is 19.1. The summed E-state index contributed by atoms with van der Waals surface area (Å²) in [6.45, 7) is 3.29. The Morgan fingerprint density at radius 3 is 2.42 bits per heavy atom. The van der Waals surface area contributed by atoms with Crippen molar-refractivity contribution >= 4 is 5.91 Å². The summed E-state index contributed by atoms with van der Waals surface area (Å²) in [5, 5.41) is 9.70. The van der Waals surface area contributed by atoms with Gasteiger partial charge in [-0.15, -0.1) is 0 Å². The Labute approximate surface area is 150 Å². The largest absolute Gasteiger partial charge is 0.507 e. The summed E-state index contributed by atoms with van der Waals surface area (Å²) in [4.78, 5) is 16.0. The number of rotatable bonds is 5. The van der Waals surface area contributed by atoms with Gasteiger partial charge in [0.25, 0.3) is 5.91 Å². The second kappa shape index (κ2) is 8.14. The van der Waals surface area contributed by atoms with E-state index in [2.05, 4.69) is 4.90 Å². The minimum absolute atomic E-state index is 0.403. The molecular weight excluding hydrogens is 342 g/mol. The molecule has 0 saturated carbocycles. The number of hydrogen-bond donors (Lipinski definition) is 1. The molecule has 138 valence electrons. The highest BCUT2D eigenvalue weighted by molar-refractivity contribution is 5.97. The van der Waals surface area contributed by atoms with Crippen LogP contribution < -0.4 is 4.74 Å². The van der Waals surface area contributed by atoms with Crippen molar-refractivity contribution in [3.8, 4) is 11.5 Å². The Bertz CT molecular complexity index is 740. The minimum Gasteiger partial charge on any atom is -0.507 e. The lowest BCUT2D eigenvalue weighted by Crippen LogP contribution is -2.49. The maximum Gasteiger partial charge on any atom is 0.260 e. The molecule has 1 aliphatic heterocycles. The smallest absolute Gasteiger partial charge is 0.260 e. The lowest BCUT2D eigenvalue weighted by molar-refractivity contribution is 0.0612. The van der Waals surface area contributed by atoms with E-state index in [0.717, 1.165) is 11.8 Å². The van der Waals surface area contributed by atoms with Crippen molar-refractivity contribution in [1.82, 2.24) is 9.80 Å². The number of aromatic hydroxyl groups is 1. The monoisotopic (exact) mass is 362 g/mol. The second-order valence-electron chi connectivity index (χ2n) is 6.08. The van der Waals surface area contributed by atoms with Gasteiger partial charge in [-0.2, -0.15) is 0 Å². The third-order valence-electron chi connectivity index (χ3n) is 4.33. The first-order chi connectivity index (χ1) is 12.5. The average molecular weight is 362 g/mol. The molecule has 0 spiro atoms. The first-order valence-electron chi connectivity index (χ1n) is 8.42. The maximum absolute atomic E-state index is 13.8. The van der Waals surface area contributed by atoms with Gasteiger partial charge in [-0.05, 0) is 12.1 Å². The first kappa shape index (κ1) is 18.1. The molecule has 7 heteroatoms. The van der Waals surface area contributed by atoms with Gasteiger partial charge >= 0.3 is 0 Å². The van der Waals surface area contributed by atoms with Crippen molar-refractivity contribution in [1.29, 1.82) is 0 Å². The molecule has 1 N–H and O–H groups in total. The number of carbonyl (C=O) groups is 1. The number of carbonyl (C=O) groups excluding carboxylic acids is 1. The Hall–Kier alpha value is -2.67. The van der Waals surface area contributed by atoms with Crippen LogP contribution >= 0.6 is 0 Å². The van der Waals surface area contributed by atoms with Crippen LogP contribution in [0, 0.1) is 11.6 Å². The van der Waals surface area contributed by atoms with E-state index in [1.165, 1.54) is 4.90 Å². The predicted octanol–water partition coefficient (Wildman–Crippen LogP) is 2.51. The molecule has 2 aromatic rings. The van der Waals surface area contributed by atoms with Gasteiger partial charge in [-0.25, -0.2) is 8.78 Å². The van der Waals surface area contributed by atoms with Crippen molar-refractivity contribution in [3.63, 3.8) is 0 Å². The van der Waals surface area contributed by atoms with Crippen LogP contribution in [-0.4, -0.2) is 60.1 Å². The molecule has 1 aliphatic rings. The van der Waals surface area contributed by atoms with Gasteiger partial charge in [-0.3, -0.25) is 9.69 Å². The molecule has 0 unspecified atom stereocenters. The summed E-state index contributed by atoms with van der Waals surface area (Å²) < 4.78 is 32.6.